The van der Waals surface area contributed by atoms with Gasteiger partial charge in [0.15, 0.2) is 0 Å². The largest absolute Gasteiger partial charge is 0.497 e. The fourth-order valence-electron chi connectivity index (χ4n) is 2.40. The number of fused-ring (bicyclic) bond motifs is 1. The predicted octanol–water partition coefficient (Wildman–Crippen LogP) is 0.509. The zero-order chi connectivity index (χ0) is 13.4. The van der Waals surface area contributed by atoms with E-state index in [0.29, 0.717) is 0 Å². The monoisotopic (exact) mass is 260 g/mol. The molecule has 2 heterocycles. The SMILES string of the molecule is COc1ccc(N2N=CC3C(=O)NC(C)NC32)cc1. The van der Waals surface area contributed by atoms with Gasteiger partial charge in [0.25, 0.3) is 0 Å². The van der Waals surface area contributed by atoms with Crippen molar-refractivity contribution in [3.05, 3.63) is 24.3 Å². The molecule has 2 aliphatic heterocycles. The summed E-state index contributed by atoms with van der Waals surface area (Å²) in [4.78, 5) is 11.9. The summed E-state index contributed by atoms with van der Waals surface area (Å²) in [5.41, 5.74) is 0.930. The Kier molecular flexibility index (Phi) is 2.87. The van der Waals surface area contributed by atoms with E-state index in [1.807, 2.05) is 36.2 Å². The Hall–Kier alpha value is -2.08. The smallest absolute Gasteiger partial charge is 0.233 e. The molecule has 3 atom stereocenters. The van der Waals surface area contributed by atoms with Gasteiger partial charge in [0, 0.05) is 6.21 Å². The van der Waals surface area contributed by atoms with Crippen molar-refractivity contribution in [2.24, 2.45) is 11.0 Å². The summed E-state index contributed by atoms with van der Waals surface area (Å²) >= 11 is 0. The van der Waals surface area contributed by atoms with Gasteiger partial charge in [-0.15, -0.1) is 0 Å². The van der Waals surface area contributed by atoms with E-state index in [1.54, 1.807) is 13.3 Å². The highest BCUT2D eigenvalue weighted by Gasteiger charge is 2.41. The molecular weight excluding hydrogens is 244 g/mol. The Morgan fingerprint density at radius 2 is 2.05 bits per heavy atom. The van der Waals surface area contributed by atoms with Crippen LogP contribution in [0.3, 0.4) is 0 Å². The minimum atomic E-state index is -0.252. The zero-order valence-corrected chi connectivity index (χ0v) is 10.8. The molecule has 1 fully saturated rings. The van der Waals surface area contributed by atoms with Gasteiger partial charge in [0.1, 0.15) is 17.8 Å². The van der Waals surface area contributed by atoms with Crippen LogP contribution >= 0.6 is 0 Å². The maximum absolute atomic E-state index is 11.9. The molecule has 0 spiro atoms. The number of hydrazone groups is 1. The van der Waals surface area contributed by atoms with Crippen molar-refractivity contribution >= 4 is 17.8 Å². The average molecular weight is 260 g/mol. The molecular formula is C13H16N4O2. The van der Waals surface area contributed by atoms with E-state index in [0.717, 1.165) is 11.4 Å². The maximum Gasteiger partial charge on any atom is 0.233 e. The molecule has 0 aliphatic carbocycles. The fourth-order valence-corrected chi connectivity index (χ4v) is 2.40. The third kappa shape index (κ3) is 2.04. The molecule has 2 N–H and O–H groups in total. The van der Waals surface area contributed by atoms with Crippen LogP contribution in [0.2, 0.25) is 0 Å². The molecule has 1 amide bonds. The second kappa shape index (κ2) is 4.55. The number of hydrogen-bond donors (Lipinski definition) is 2. The van der Waals surface area contributed by atoms with Gasteiger partial charge in [-0.2, -0.15) is 5.10 Å². The Bertz CT molecular complexity index is 514. The summed E-state index contributed by atoms with van der Waals surface area (Å²) < 4.78 is 5.14. The zero-order valence-electron chi connectivity index (χ0n) is 10.8. The quantitative estimate of drug-likeness (QED) is 0.813. The van der Waals surface area contributed by atoms with Crippen LogP contribution in [0.15, 0.2) is 29.4 Å². The lowest BCUT2D eigenvalue weighted by atomic mass is 10.0. The van der Waals surface area contributed by atoms with Gasteiger partial charge in [-0.25, -0.2) is 5.01 Å². The Morgan fingerprint density at radius 1 is 1.32 bits per heavy atom. The maximum atomic E-state index is 11.9. The standard InChI is InChI=1S/C13H16N4O2/c1-8-15-12-11(13(18)16-8)7-14-17(12)9-3-5-10(19-2)6-4-9/h3-8,11-12,15H,1-2H3,(H,16,18). The van der Waals surface area contributed by atoms with Gasteiger partial charge in [-0.05, 0) is 31.2 Å². The molecule has 0 saturated carbocycles. The van der Waals surface area contributed by atoms with Gasteiger partial charge >= 0.3 is 0 Å². The molecule has 6 heteroatoms. The highest BCUT2D eigenvalue weighted by atomic mass is 16.5. The van der Waals surface area contributed by atoms with Crippen molar-refractivity contribution in [3.8, 4) is 5.75 Å². The number of carbonyl (C=O) groups is 1. The van der Waals surface area contributed by atoms with Crippen LogP contribution in [0.1, 0.15) is 6.92 Å². The van der Waals surface area contributed by atoms with Crippen LogP contribution in [-0.2, 0) is 4.79 Å². The minimum absolute atomic E-state index is 0.0102. The van der Waals surface area contributed by atoms with Crippen LogP contribution in [0.4, 0.5) is 5.69 Å². The lowest BCUT2D eigenvalue weighted by Gasteiger charge is -2.35. The number of carbonyl (C=O) groups excluding carboxylic acids is 1. The number of rotatable bonds is 2. The first-order valence-corrected chi connectivity index (χ1v) is 6.23. The number of amides is 1. The second-order valence-electron chi connectivity index (χ2n) is 4.67. The summed E-state index contributed by atoms with van der Waals surface area (Å²) in [5.74, 6) is 0.556. The van der Waals surface area contributed by atoms with E-state index >= 15 is 0 Å². The molecule has 3 unspecified atom stereocenters. The molecule has 0 radical (unpaired) electrons. The first-order chi connectivity index (χ1) is 9.19. The lowest BCUT2D eigenvalue weighted by Crippen LogP contribution is -2.63. The van der Waals surface area contributed by atoms with E-state index < -0.39 is 0 Å². The number of methoxy groups -OCH3 is 1. The van der Waals surface area contributed by atoms with Crippen LogP contribution in [0, 0.1) is 5.92 Å². The third-order valence-corrected chi connectivity index (χ3v) is 3.37. The Morgan fingerprint density at radius 3 is 2.74 bits per heavy atom. The summed E-state index contributed by atoms with van der Waals surface area (Å²) in [7, 11) is 1.63. The van der Waals surface area contributed by atoms with Crippen LogP contribution < -0.4 is 20.4 Å². The molecule has 2 aliphatic rings. The number of anilines is 1. The first kappa shape index (κ1) is 12.0. The minimum Gasteiger partial charge on any atom is -0.497 e. The van der Waals surface area contributed by atoms with Crippen molar-refractivity contribution in [1.82, 2.24) is 10.6 Å². The van der Waals surface area contributed by atoms with Crippen molar-refractivity contribution in [1.29, 1.82) is 0 Å². The number of nitrogens with one attached hydrogen (secondary N) is 2. The second-order valence-corrected chi connectivity index (χ2v) is 4.67. The Labute approximate surface area is 111 Å². The number of hydrogen-bond acceptors (Lipinski definition) is 5. The number of benzene rings is 1. The summed E-state index contributed by atoms with van der Waals surface area (Å²) in [6.45, 7) is 1.92. The third-order valence-electron chi connectivity index (χ3n) is 3.37. The van der Waals surface area contributed by atoms with Crippen LogP contribution in [0.25, 0.3) is 0 Å². The van der Waals surface area contributed by atoms with Crippen molar-refractivity contribution in [3.63, 3.8) is 0 Å². The molecule has 1 saturated heterocycles. The molecule has 0 bridgehead atoms. The van der Waals surface area contributed by atoms with Crippen molar-refractivity contribution in [2.75, 3.05) is 12.1 Å². The lowest BCUT2D eigenvalue weighted by molar-refractivity contribution is -0.126. The first-order valence-electron chi connectivity index (χ1n) is 6.23. The van der Waals surface area contributed by atoms with Crippen LogP contribution in [0.5, 0.6) is 5.75 Å². The highest BCUT2D eigenvalue weighted by Crippen LogP contribution is 2.27. The summed E-state index contributed by atoms with van der Waals surface area (Å²) in [5, 5.41) is 12.3. The molecule has 19 heavy (non-hydrogen) atoms. The molecule has 1 aromatic rings. The van der Waals surface area contributed by atoms with Gasteiger partial charge in [0.05, 0.1) is 19.0 Å². The van der Waals surface area contributed by atoms with Crippen LogP contribution in [-0.4, -0.2) is 31.6 Å². The van der Waals surface area contributed by atoms with E-state index in [4.69, 9.17) is 4.74 Å². The number of nitrogens with zero attached hydrogens (tertiary/aromatic N) is 2. The van der Waals surface area contributed by atoms with E-state index in [1.165, 1.54) is 0 Å². The van der Waals surface area contributed by atoms with Crippen molar-refractivity contribution in [2.45, 2.75) is 19.3 Å². The molecule has 100 valence electrons. The topological polar surface area (TPSA) is 66.0 Å². The van der Waals surface area contributed by atoms with E-state index in [9.17, 15) is 4.79 Å². The van der Waals surface area contributed by atoms with Crippen molar-refractivity contribution < 1.29 is 9.53 Å². The molecule has 1 aromatic carbocycles. The van der Waals surface area contributed by atoms with E-state index in [-0.39, 0.29) is 24.2 Å². The highest BCUT2D eigenvalue weighted by molar-refractivity contribution is 5.97. The van der Waals surface area contributed by atoms with E-state index in [2.05, 4.69) is 15.7 Å². The Balaban J connectivity index is 1.85. The normalized spacial score (nSPS) is 29.1. The predicted molar refractivity (Wildman–Crippen MR) is 72.0 cm³/mol. The van der Waals surface area contributed by atoms with Gasteiger partial charge in [-0.3, -0.25) is 10.1 Å². The summed E-state index contributed by atoms with van der Waals surface area (Å²) in [6.07, 6.45) is 1.50. The fraction of sp³-hybridized carbons (Fsp3) is 0.385. The van der Waals surface area contributed by atoms with Gasteiger partial charge in [0.2, 0.25) is 5.91 Å². The summed E-state index contributed by atoms with van der Waals surface area (Å²) in [6, 6.07) is 7.61. The van der Waals surface area contributed by atoms with Gasteiger partial charge in [-0.1, -0.05) is 0 Å². The molecule has 0 aromatic heterocycles. The molecule has 6 nitrogen and oxygen atoms in total. The number of ether oxygens (including phenoxy) is 1. The van der Waals surface area contributed by atoms with Gasteiger partial charge < -0.3 is 10.1 Å². The average Bonchev–Trinajstić information content (AvgIpc) is 2.83. The molecule has 3 rings (SSSR count).